The molecule has 0 N–H and O–H groups in total. The molecule has 0 aromatic rings. The Morgan fingerprint density at radius 3 is 2.05 bits per heavy atom. The van der Waals surface area contributed by atoms with Crippen LogP contribution < -0.4 is 0 Å². The minimum absolute atomic E-state index is 0.0988. The van der Waals surface area contributed by atoms with Crippen molar-refractivity contribution in [1.29, 1.82) is 5.26 Å². The Balaban J connectivity index is 2.66. The van der Waals surface area contributed by atoms with Crippen molar-refractivity contribution in [2.24, 2.45) is 0 Å². The molecule has 1 heterocycles. The first-order valence-corrected chi connectivity index (χ1v) is 8.29. The fourth-order valence-electron chi connectivity index (χ4n) is 2.39. The largest absolute Gasteiger partial charge is 0.285 e. The van der Waals surface area contributed by atoms with Crippen LogP contribution in [-0.4, -0.2) is 67.2 Å². The van der Waals surface area contributed by atoms with E-state index in [1.807, 2.05) is 20.8 Å². The first kappa shape index (κ1) is 16.4. The Morgan fingerprint density at radius 2 is 1.68 bits per heavy atom. The molecule has 19 heavy (non-hydrogen) atoms. The van der Waals surface area contributed by atoms with Crippen LogP contribution in [0.3, 0.4) is 0 Å². The van der Waals surface area contributed by atoms with E-state index in [1.54, 1.807) is 0 Å². The van der Waals surface area contributed by atoms with Crippen LogP contribution in [0.2, 0.25) is 0 Å². The van der Waals surface area contributed by atoms with Gasteiger partial charge in [-0.2, -0.15) is 22.3 Å². The maximum atomic E-state index is 12.3. The minimum Gasteiger partial charge on any atom is -0.285 e. The highest BCUT2D eigenvalue weighted by Gasteiger charge is 2.32. The molecule has 1 atom stereocenters. The summed E-state index contributed by atoms with van der Waals surface area (Å²) in [6, 6.07) is 2.17. The van der Waals surface area contributed by atoms with Gasteiger partial charge in [-0.25, -0.2) is 0 Å². The molecular formula is C12H24N4O2S. The molecule has 0 spiro atoms. The van der Waals surface area contributed by atoms with E-state index in [2.05, 4.69) is 11.0 Å². The third kappa shape index (κ3) is 3.66. The monoisotopic (exact) mass is 288 g/mol. The van der Waals surface area contributed by atoms with Gasteiger partial charge in [0.25, 0.3) is 10.2 Å². The smallest absolute Gasteiger partial charge is 0.282 e. The predicted molar refractivity (Wildman–Crippen MR) is 74.7 cm³/mol. The van der Waals surface area contributed by atoms with Crippen molar-refractivity contribution < 1.29 is 8.42 Å². The molecule has 0 saturated carbocycles. The summed E-state index contributed by atoms with van der Waals surface area (Å²) < 4.78 is 27.7. The summed E-state index contributed by atoms with van der Waals surface area (Å²) >= 11 is 0. The van der Waals surface area contributed by atoms with Gasteiger partial charge in [0.15, 0.2) is 0 Å². The molecule has 0 aliphatic carbocycles. The molecule has 0 radical (unpaired) electrons. The maximum absolute atomic E-state index is 12.3. The van der Waals surface area contributed by atoms with E-state index < -0.39 is 10.2 Å². The lowest BCUT2D eigenvalue weighted by atomic mass is 10.2. The molecule has 0 aromatic heterocycles. The Bertz CT molecular complexity index is 406. The summed E-state index contributed by atoms with van der Waals surface area (Å²) in [5.74, 6) is 0. The van der Waals surface area contributed by atoms with Gasteiger partial charge in [-0.1, -0.05) is 20.8 Å². The molecule has 1 saturated heterocycles. The van der Waals surface area contributed by atoms with Crippen molar-refractivity contribution in [2.45, 2.75) is 33.2 Å². The molecule has 0 bridgehead atoms. The van der Waals surface area contributed by atoms with Gasteiger partial charge in [-0.05, 0) is 6.42 Å². The van der Waals surface area contributed by atoms with Gasteiger partial charge in [0, 0.05) is 39.3 Å². The average molecular weight is 288 g/mol. The fourth-order valence-corrected chi connectivity index (χ4v) is 3.99. The molecule has 1 fully saturated rings. The van der Waals surface area contributed by atoms with Crippen molar-refractivity contribution in [3.8, 4) is 6.07 Å². The van der Waals surface area contributed by atoms with Crippen LogP contribution in [0.1, 0.15) is 27.2 Å². The molecule has 1 unspecified atom stereocenters. The summed E-state index contributed by atoms with van der Waals surface area (Å²) in [5.41, 5.74) is 0. The van der Waals surface area contributed by atoms with E-state index >= 15 is 0 Å². The molecule has 1 aliphatic heterocycles. The summed E-state index contributed by atoms with van der Waals surface area (Å²) in [5, 5.41) is 9.04. The highest BCUT2D eigenvalue weighted by Crippen LogP contribution is 2.14. The highest BCUT2D eigenvalue weighted by atomic mass is 32.2. The molecule has 110 valence electrons. The summed E-state index contributed by atoms with van der Waals surface area (Å²) in [6.07, 6.45) is 0.777. The number of nitriles is 1. The van der Waals surface area contributed by atoms with E-state index in [0.29, 0.717) is 39.3 Å². The molecule has 1 aliphatic rings. The van der Waals surface area contributed by atoms with Crippen LogP contribution in [0.25, 0.3) is 0 Å². The van der Waals surface area contributed by atoms with Gasteiger partial charge in [-0.3, -0.25) is 4.90 Å². The van der Waals surface area contributed by atoms with E-state index in [9.17, 15) is 8.42 Å². The maximum Gasteiger partial charge on any atom is 0.282 e. The first-order chi connectivity index (χ1) is 9.01. The molecule has 1 rings (SSSR count). The lowest BCUT2D eigenvalue weighted by Gasteiger charge is -2.37. The van der Waals surface area contributed by atoms with E-state index in [-0.39, 0.29) is 6.04 Å². The minimum atomic E-state index is -3.33. The Kier molecular flexibility index (Phi) is 6.20. The van der Waals surface area contributed by atoms with Crippen molar-refractivity contribution >= 4 is 10.2 Å². The zero-order valence-corrected chi connectivity index (χ0v) is 12.9. The number of piperazine rings is 1. The standard InChI is InChI=1S/C12H24N4O2S/c1-4-12(11-13)14-7-9-16(10-8-14)19(17,18)15(5-2)6-3/h12H,4-10H2,1-3H3. The van der Waals surface area contributed by atoms with Crippen molar-refractivity contribution in [3.05, 3.63) is 0 Å². The number of rotatable bonds is 6. The zero-order chi connectivity index (χ0) is 14.5. The Morgan fingerprint density at radius 1 is 1.16 bits per heavy atom. The van der Waals surface area contributed by atoms with Crippen molar-refractivity contribution in [3.63, 3.8) is 0 Å². The van der Waals surface area contributed by atoms with Gasteiger partial charge in [0.2, 0.25) is 0 Å². The molecule has 0 aromatic carbocycles. The van der Waals surface area contributed by atoms with E-state index in [4.69, 9.17) is 5.26 Å². The highest BCUT2D eigenvalue weighted by molar-refractivity contribution is 7.86. The van der Waals surface area contributed by atoms with Gasteiger partial charge in [0.05, 0.1) is 12.1 Å². The van der Waals surface area contributed by atoms with Gasteiger partial charge < -0.3 is 0 Å². The quantitative estimate of drug-likeness (QED) is 0.713. The lowest BCUT2D eigenvalue weighted by Crippen LogP contribution is -2.54. The van der Waals surface area contributed by atoms with Crippen molar-refractivity contribution in [2.75, 3.05) is 39.3 Å². The van der Waals surface area contributed by atoms with Crippen LogP contribution in [0, 0.1) is 11.3 Å². The topological polar surface area (TPSA) is 67.6 Å². The molecule has 6 nitrogen and oxygen atoms in total. The molecule has 7 heteroatoms. The normalized spacial score (nSPS) is 20.4. The first-order valence-electron chi connectivity index (χ1n) is 6.90. The zero-order valence-electron chi connectivity index (χ0n) is 12.0. The third-order valence-electron chi connectivity index (χ3n) is 3.61. The predicted octanol–water partition coefficient (Wildman–Crippen LogP) is 0.493. The van der Waals surface area contributed by atoms with Crippen LogP contribution >= 0.6 is 0 Å². The van der Waals surface area contributed by atoms with Crippen molar-refractivity contribution in [1.82, 2.24) is 13.5 Å². The molecule has 0 amide bonds. The SMILES string of the molecule is CCC(C#N)N1CCN(S(=O)(=O)N(CC)CC)CC1. The van der Waals surface area contributed by atoms with Crippen LogP contribution in [0.5, 0.6) is 0 Å². The van der Waals surface area contributed by atoms with Gasteiger partial charge in [0.1, 0.15) is 0 Å². The fraction of sp³-hybridized carbons (Fsp3) is 0.917. The second-order valence-electron chi connectivity index (χ2n) is 4.58. The Labute approximate surface area is 116 Å². The van der Waals surface area contributed by atoms with Crippen LogP contribution in [0.4, 0.5) is 0 Å². The summed E-state index contributed by atoms with van der Waals surface area (Å²) in [6.45, 7) is 8.86. The summed E-state index contributed by atoms with van der Waals surface area (Å²) in [4.78, 5) is 2.06. The summed E-state index contributed by atoms with van der Waals surface area (Å²) in [7, 11) is -3.33. The van der Waals surface area contributed by atoms with Gasteiger partial charge >= 0.3 is 0 Å². The Hall–Kier alpha value is -0.680. The third-order valence-corrected chi connectivity index (χ3v) is 5.79. The van der Waals surface area contributed by atoms with E-state index in [1.165, 1.54) is 8.61 Å². The average Bonchev–Trinajstić information content (AvgIpc) is 2.42. The lowest BCUT2D eigenvalue weighted by molar-refractivity contribution is 0.155. The van der Waals surface area contributed by atoms with Crippen LogP contribution in [0.15, 0.2) is 0 Å². The molecular weight excluding hydrogens is 264 g/mol. The van der Waals surface area contributed by atoms with Crippen LogP contribution in [-0.2, 0) is 10.2 Å². The number of hydrogen-bond donors (Lipinski definition) is 0. The van der Waals surface area contributed by atoms with Gasteiger partial charge in [-0.15, -0.1) is 0 Å². The number of nitrogens with zero attached hydrogens (tertiary/aromatic N) is 4. The second-order valence-corrected chi connectivity index (χ2v) is 6.51. The number of hydrogen-bond acceptors (Lipinski definition) is 4. The van der Waals surface area contributed by atoms with E-state index in [0.717, 1.165) is 6.42 Å². The second kappa shape index (κ2) is 7.20.